The number of rotatable bonds is 59. The number of unbranched alkanes of at least 4 members (excludes halogenated alkanes) is 36. The van der Waals surface area contributed by atoms with Gasteiger partial charge in [0.15, 0.2) is 6.10 Å². The molecule has 0 bridgehead atoms. The maximum absolute atomic E-state index is 12.9. The fourth-order valence-corrected chi connectivity index (χ4v) is 9.35. The van der Waals surface area contributed by atoms with Gasteiger partial charge in [0, 0.05) is 19.3 Å². The molecule has 0 aromatic carbocycles. The van der Waals surface area contributed by atoms with Crippen LogP contribution in [-0.4, -0.2) is 37.2 Å². The summed E-state index contributed by atoms with van der Waals surface area (Å²) in [6.07, 6.45) is 82.0. The first-order chi connectivity index (χ1) is 37.0. The van der Waals surface area contributed by atoms with E-state index in [9.17, 15) is 14.4 Å². The second kappa shape index (κ2) is 63.4. The van der Waals surface area contributed by atoms with Crippen molar-refractivity contribution in [3.63, 3.8) is 0 Å². The molecule has 6 heteroatoms. The van der Waals surface area contributed by atoms with Gasteiger partial charge in [-0.1, -0.05) is 293 Å². The summed E-state index contributed by atoms with van der Waals surface area (Å²) in [5.74, 6) is -0.925. The Labute approximate surface area is 465 Å². The van der Waals surface area contributed by atoms with Gasteiger partial charge in [-0.2, -0.15) is 0 Å². The zero-order valence-electron chi connectivity index (χ0n) is 49.8. The Hall–Kier alpha value is -3.15. The van der Waals surface area contributed by atoms with Crippen LogP contribution in [0.3, 0.4) is 0 Å². The Kier molecular flexibility index (Phi) is 60.7. The van der Waals surface area contributed by atoms with Crippen LogP contribution >= 0.6 is 0 Å². The first-order valence-corrected chi connectivity index (χ1v) is 32.4. The van der Waals surface area contributed by atoms with Gasteiger partial charge in [-0.3, -0.25) is 14.4 Å². The molecule has 0 aliphatic carbocycles. The van der Waals surface area contributed by atoms with Crippen molar-refractivity contribution in [2.45, 2.75) is 335 Å². The minimum Gasteiger partial charge on any atom is -0.462 e. The van der Waals surface area contributed by atoms with Gasteiger partial charge >= 0.3 is 17.9 Å². The van der Waals surface area contributed by atoms with Crippen LogP contribution in [0.15, 0.2) is 72.9 Å². The summed E-state index contributed by atoms with van der Waals surface area (Å²) in [6.45, 7) is 6.51. The molecule has 0 aromatic rings. The van der Waals surface area contributed by atoms with Gasteiger partial charge in [-0.05, 0) is 89.9 Å². The molecule has 0 saturated heterocycles. The molecule has 6 nitrogen and oxygen atoms in total. The summed E-state index contributed by atoms with van der Waals surface area (Å²) in [5.41, 5.74) is 0. The molecule has 75 heavy (non-hydrogen) atoms. The highest BCUT2D eigenvalue weighted by molar-refractivity contribution is 5.71. The van der Waals surface area contributed by atoms with E-state index in [-0.39, 0.29) is 31.1 Å². The van der Waals surface area contributed by atoms with Crippen LogP contribution in [0, 0.1) is 0 Å². The monoisotopic (exact) mass is 1050 g/mol. The molecule has 434 valence electrons. The van der Waals surface area contributed by atoms with Crippen LogP contribution in [0.5, 0.6) is 0 Å². The predicted molar refractivity (Wildman–Crippen MR) is 325 cm³/mol. The zero-order valence-corrected chi connectivity index (χ0v) is 49.8. The quantitative estimate of drug-likeness (QED) is 0.0261. The molecule has 0 fully saturated rings. The highest BCUT2D eigenvalue weighted by atomic mass is 16.6. The van der Waals surface area contributed by atoms with E-state index < -0.39 is 6.10 Å². The van der Waals surface area contributed by atoms with Crippen LogP contribution in [0.25, 0.3) is 0 Å². The summed E-state index contributed by atoms with van der Waals surface area (Å²) in [7, 11) is 0. The van der Waals surface area contributed by atoms with Crippen LogP contribution in [0.4, 0.5) is 0 Å². The van der Waals surface area contributed by atoms with E-state index in [4.69, 9.17) is 14.2 Å². The predicted octanol–water partition coefficient (Wildman–Crippen LogP) is 22.1. The Bertz CT molecular complexity index is 1390. The number of hydrogen-bond donors (Lipinski definition) is 0. The van der Waals surface area contributed by atoms with E-state index in [1.165, 1.54) is 193 Å². The molecule has 0 N–H and O–H groups in total. The van der Waals surface area contributed by atoms with E-state index in [1.54, 1.807) is 0 Å². The average Bonchev–Trinajstić information content (AvgIpc) is 3.41. The molecule has 0 radical (unpaired) electrons. The molecule has 0 aliphatic rings. The van der Waals surface area contributed by atoms with Gasteiger partial charge in [0.25, 0.3) is 0 Å². The molecule has 1 unspecified atom stereocenters. The summed E-state index contributed by atoms with van der Waals surface area (Å²) >= 11 is 0. The van der Waals surface area contributed by atoms with Gasteiger partial charge in [0.05, 0.1) is 0 Å². The third-order valence-corrected chi connectivity index (χ3v) is 14.2. The molecule has 0 rings (SSSR count). The summed E-state index contributed by atoms with van der Waals surface area (Å²) in [5, 5.41) is 0. The maximum atomic E-state index is 12.9. The van der Waals surface area contributed by atoms with Gasteiger partial charge in [0.1, 0.15) is 13.2 Å². The SMILES string of the molecule is CC/C=C\C/C=C\C/C=C\C/C=C\CCCCC(=O)OCC(COC(=O)CCCCCCCCCCCCCCCCCCCCCCCCCC)OC(=O)CCCCCCCCC/C=C\C/C=C\CCCCCC. The topological polar surface area (TPSA) is 78.9 Å². The molecular weight excluding hydrogens is 925 g/mol. The minimum atomic E-state index is -0.797. The Balaban J connectivity index is 4.34. The van der Waals surface area contributed by atoms with Crippen molar-refractivity contribution < 1.29 is 28.6 Å². The van der Waals surface area contributed by atoms with Crippen LogP contribution in [0.2, 0.25) is 0 Å². The molecule has 0 aliphatic heterocycles. The van der Waals surface area contributed by atoms with E-state index >= 15 is 0 Å². The molecule has 0 heterocycles. The smallest absolute Gasteiger partial charge is 0.306 e. The van der Waals surface area contributed by atoms with Crippen LogP contribution < -0.4 is 0 Å². The Morgan fingerprint density at radius 3 is 0.853 bits per heavy atom. The van der Waals surface area contributed by atoms with Crippen molar-refractivity contribution in [2.75, 3.05) is 13.2 Å². The van der Waals surface area contributed by atoms with Gasteiger partial charge in [0.2, 0.25) is 0 Å². The normalized spacial score (nSPS) is 12.5. The highest BCUT2D eigenvalue weighted by Crippen LogP contribution is 2.17. The second-order valence-electron chi connectivity index (χ2n) is 21.6. The first-order valence-electron chi connectivity index (χ1n) is 32.4. The third-order valence-electron chi connectivity index (χ3n) is 14.2. The van der Waals surface area contributed by atoms with E-state index in [0.717, 1.165) is 96.3 Å². The van der Waals surface area contributed by atoms with Crippen molar-refractivity contribution in [2.24, 2.45) is 0 Å². The van der Waals surface area contributed by atoms with E-state index in [2.05, 4.69) is 93.7 Å². The van der Waals surface area contributed by atoms with Crippen LogP contribution in [0.1, 0.15) is 329 Å². The molecule has 0 aromatic heterocycles. The van der Waals surface area contributed by atoms with Gasteiger partial charge in [-0.25, -0.2) is 0 Å². The number of carbonyl (C=O) groups excluding carboxylic acids is 3. The largest absolute Gasteiger partial charge is 0.462 e. The van der Waals surface area contributed by atoms with Crippen molar-refractivity contribution in [3.8, 4) is 0 Å². The zero-order chi connectivity index (χ0) is 54.3. The lowest BCUT2D eigenvalue weighted by Gasteiger charge is -2.18. The summed E-state index contributed by atoms with van der Waals surface area (Å²) in [4.78, 5) is 38.3. The number of allylic oxidation sites excluding steroid dienone is 12. The summed E-state index contributed by atoms with van der Waals surface area (Å²) in [6, 6.07) is 0. The van der Waals surface area contributed by atoms with Gasteiger partial charge in [-0.15, -0.1) is 0 Å². The summed E-state index contributed by atoms with van der Waals surface area (Å²) < 4.78 is 16.9. The fraction of sp³-hybridized carbons (Fsp3) is 0.783. The van der Waals surface area contributed by atoms with E-state index in [0.29, 0.717) is 19.3 Å². The fourth-order valence-electron chi connectivity index (χ4n) is 9.35. The second-order valence-corrected chi connectivity index (χ2v) is 21.6. The molecular formula is C69H122O6. The lowest BCUT2D eigenvalue weighted by molar-refractivity contribution is -0.167. The highest BCUT2D eigenvalue weighted by Gasteiger charge is 2.19. The minimum absolute atomic E-state index is 0.0892. The molecule has 0 saturated carbocycles. The first kappa shape index (κ1) is 71.8. The van der Waals surface area contributed by atoms with Crippen LogP contribution in [-0.2, 0) is 28.6 Å². The number of ether oxygens (including phenoxy) is 3. The lowest BCUT2D eigenvalue weighted by atomic mass is 10.0. The Morgan fingerprint density at radius 1 is 0.280 bits per heavy atom. The van der Waals surface area contributed by atoms with Crippen molar-refractivity contribution in [1.82, 2.24) is 0 Å². The third kappa shape index (κ3) is 61.6. The lowest BCUT2D eigenvalue weighted by Crippen LogP contribution is -2.30. The number of hydrogen-bond acceptors (Lipinski definition) is 6. The molecule has 0 amide bonds. The van der Waals surface area contributed by atoms with E-state index in [1.807, 2.05) is 0 Å². The van der Waals surface area contributed by atoms with Crippen molar-refractivity contribution in [3.05, 3.63) is 72.9 Å². The standard InChI is InChI=1S/C69H122O6/c1-4-7-10-13-16-19-22-25-28-30-32-33-34-35-36-37-39-41-44-47-50-53-56-59-62-68(71)74-65-66(64-73-67(70)61-58-55-52-49-46-43-40-27-24-21-18-15-12-9-6-3)75-69(72)63-60-57-54-51-48-45-42-38-31-29-26-23-20-17-14-11-8-5-2/h9,12,18,20-21,23,27,29,31,40,46,49,66H,4-8,10-11,13-17,19,22,24-26,28,30,32-39,41-45,47-48,50-65H2,1-3H3/b12-9-,21-18-,23-20-,31-29-,40-27-,49-46-. The number of esters is 3. The molecule has 0 spiro atoms. The van der Waals surface area contributed by atoms with Crippen molar-refractivity contribution >= 4 is 17.9 Å². The average molecular weight is 1050 g/mol. The molecule has 1 atom stereocenters. The Morgan fingerprint density at radius 2 is 0.520 bits per heavy atom. The maximum Gasteiger partial charge on any atom is 0.306 e. The van der Waals surface area contributed by atoms with Crippen molar-refractivity contribution in [1.29, 1.82) is 0 Å². The number of carbonyl (C=O) groups is 3. The van der Waals surface area contributed by atoms with Gasteiger partial charge < -0.3 is 14.2 Å².